The van der Waals surface area contributed by atoms with E-state index in [1.165, 1.54) is 10.4 Å². The van der Waals surface area contributed by atoms with E-state index in [0.29, 0.717) is 26.1 Å². The summed E-state index contributed by atoms with van der Waals surface area (Å²) in [5.41, 5.74) is 1.24. The van der Waals surface area contributed by atoms with E-state index in [4.69, 9.17) is 4.74 Å². The van der Waals surface area contributed by atoms with Crippen molar-refractivity contribution in [2.24, 2.45) is 0 Å². The number of nitrogens with zero attached hydrogens (tertiary/aromatic N) is 1. The summed E-state index contributed by atoms with van der Waals surface area (Å²) in [5, 5.41) is 7.96. The summed E-state index contributed by atoms with van der Waals surface area (Å²) in [4.78, 5) is 28.1. The zero-order valence-corrected chi connectivity index (χ0v) is 15.3. The van der Waals surface area contributed by atoms with Gasteiger partial charge in [0.05, 0.1) is 13.2 Å². The second kappa shape index (κ2) is 9.76. The van der Waals surface area contributed by atoms with E-state index in [0.717, 1.165) is 19.4 Å². The second-order valence-electron chi connectivity index (χ2n) is 5.96. The lowest BCUT2D eigenvalue weighted by Crippen LogP contribution is -2.51. The number of fused-ring (bicyclic) bond motifs is 1. The van der Waals surface area contributed by atoms with Gasteiger partial charge in [-0.05, 0) is 29.9 Å². The van der Waals surface area contributed by atoms with Crippen molar-refractivity contribution in [2.45, 2.75) is 38.8 Å². The highest BCUT2D eigenvalue weighted by molar-refractivity contribution is 7.10. The Bertz CT molecular complexity index is 547. The summed E-state index contributed by atoms with van der Waals surface area (Å²) in [6.07, 6.45) is 2.42. The van der Waals surface area contributed by atoms with Gasteiger partial charge in [-0.15, -0.1) is 11.3 Å². The smallest absolute Gasteiger partial charge is 0.245 e. The van der Waals surface area contributed by atoms with Gasteiger partial charge in [-0.1, -0.05) is 13.3 Å². The van der Waals surface area contributed by atoms with Crippen molar-refractivity contribution in [3.63, 3.8) is 0 Å². The molecule has 6 nitrogen and oxygen atoms in total. The first-order valence-corrected chi connectivity index (χ1v) is 9.36. The molecule has 2 rings (SSSR count). The predicted molar refractivity (Wildman–Crippen MR) is 95.0 cm³/mol. The van der Waals surface area contributed by atoms with Crippen molar-refractivity contribution in [2.75, 3.05) is 33.4 Å². The van der Waals surface area contributed by atoms with Crippen LogP contribution in [0.4, 0.5) is 0 Å². The Balaban J connectivity index is 1.87. The maximum absolute atomic E-state index is 12.8. The molecule has 2 amide bonds. The molecule has 1 unspecified atom stereocenters. The second-order valence-corrected chi connectivity index (χ2v) is 6.96. The van der Waals surface area contributed by atoms with E-state index in [2.05, 4.69) is 22.1 Å². The summed E-state index contributed by atoms with van der Waals surface area (Å²) in [6, 6.07) is 1.65. The number of methoxy groups -OCH3 is 1. The Hall–Kier alpha value is -1.44. The molecule has 1 aliphatic heterocycles. The molecule has 1 aromatic rings. The largest absolute Gasteiger partial charge is 0.383 e. The highest BCUT2D eigenvalue weighted by Gasteiger charge is 2.28. The molecule has 2 heterocycles. The minimum atomic E-state index is -0.438. The third kappa shape index (κ3) is 5.29. The molecule has 1 aromatic heterocycles. The fourth-order valence-corrected chi connectivity index (χ4v) is 3.71. The number of hydrogen-bond acceptors (Lipinski definition) is 5. The van der Waals surface area contributed by atoms with Gasteiger partial charge in [0.15, 0.2) is 0 Å². The molecule has 0 bridgehead atoms. The monoisotopic (exact) mass is 353 g/mol. The average molecular weight is 353 g/mol. The van der Waals surface area contributed by atoms with Gasteiger partial charge in [-0.25, -0.2) is 0 Å². The van der Waals surface area contributed by atoms with Crippen molar-refractivity contribution in [1.82, 2.24) is 15.5 Å². The maximum atomic E-state index is 12.8. The molecule has 0 saturated heterocycles. The van der Waals surface area contributed by atoms with Crippen LogP contribution in [0.15, 0.2) is 11.4 Å². The highest BCUT2D eigenvalue weighted by atomic mass is 32.1. The van der Waals surface area contributed by atoms with Crippen LogP contribution in [0.5, 0.6) is 0 Å². The molecule has 0 aliphatic carbocycles. The van der Waals surface area contributed by atoms with Crippen molar-refractivity contribution < 1.29 is 14.3 Å². The molecule has 0 saturated carbocycles. The zero-order chi connectivity index (χ0) is 17.4. The number of thiophene rings is 1. The van der Waals surface area contributed by atoms with Gasteiger partial charge in [0.2, 0.25) is 11.8 Å². The summed E-state index contributed by atoms with van der Waals surface area (Å²) in [7, 11) is 1.62. The van der Waals surface area contributed by atoms with Gasteiger partial charge < -0.3 is 20.3 Å². The van der Waals surface area contributed by atoms with Gasteiger partial charge in [-0.2, -0.15) is 0 Å². The predicted octanol–water partition coefficient (Wildman–Crippen LogP) is 1.15. The molecule has 134 valence electrons. The van der Waals surface area contributed by atoms with Gasteiger partial charge in [0.25, 0.3) is 0 Å². The number of hydrogen-bond donors (Lipinski definition) is 2. The van der Waals surface area contributed by atoms with Crippen LogP contribution in [0, 0.1) is 0 Å². The molecular formula is C17H27N3O3S. The number of carbonyl (C=O) groups excluding carboxylic acids is 2. The Labute approximate surface area is 147 Å². The van der Waals surface area contributed by atoms with Crippen LogP contribution in [0.25, 0.3) is 0 Å². The standard InChI is InChI=1S/C17H27N3O3S/c1-3-4-14(19-16(21)11-18-7-9-23-2)17(22)20-8-5-15-13(12-20)6-10-24-15/h6,10,14,18H,3-5,7-9,11-12H2,1-2H3,(H,19,21). The summed E-state index contributed by atoms with van der Waals surface area (Å²) >= 11 is 1.76. The van der Waals surface area contributed by atoms with Gasteiger partial charge in [-0.3, -0.25) is 9.59 Å². The Morgan fingerprint density at radius 2 is 2.29 bits per heavy atom. The first-order chi connectivity index (χ1) is 11.7. The Morgan fingerprint density at radius 3 is 3.04 bits per heavy atom. The van der Waals surface area contributed by atoms with Crippen molar-refractivity contribution >= 4 is 23.2 Å². The van der Waals surface area contributed by atoms with Crippen LogP contribution in [-0.4, -0.2) is 56.1 Å². The molecule has 2 N–H and O–H groups in total. The topological polar surface area (TPSA) is 70.7 Å². The van der Waals surface area contributed by atoms with Crippen molar-refractivity contribution in [1.29, 1.82) is 0 Å². The average Bonchev–Trinajstić information content (AvgIpc) is 3.05. The van der Waals surface area contributed by atoms with Gasteiger partial charge in [0.1, 0.15) is 6.04 Å². The van der Waals surface area contributed by atoms with Crippen LogP contribution < -0.4 is 10.6 Å². The number of amides is 2. The highest BCUT2D eigenvalue weighted by Crippen LogP contribution is 2.24. The van der Waals surface area contributed by atoms with Gasteiger partial charge >= 0.3 is 0 Å². The lowest BCUT2D eigenvalue weighted by Gasteiger charge is -2.31. The van der Waals surface area contributed by atoms with E-state index < -0.39 is 6.04 Å². The van der Waals surface area contributed by atoms with E-state index in [1.54, 1.807) is 18.4 Å². The fraction of sp³-hybridized carbons (Fsp3) is 0.647. The van der Waals surface area contributed by atoms with Crippen LogP contribution in [0.3, 0.4) is 0 Å². The molecule has 1 aliphatic rings. The van der Waals surface area contributed by atoms with Crippen molar-refractivity contribution in [3.8, 4) is 0 Å². The molecule has 0 fully saturated rings. The molecule has 1 atom stereocenters. The SMILES string of the molecule is CCCC(NC(=O)CNCCOC)C(=O)N1CCc2sccc2C1. The maximum Gasteiger partial charge on any atom is 0.245 e. The lowest BCUT2D eigenvalue weighted by molar-refractivity contribution is -0.137. The lowest BCUT2D eigenvalue weighted by atomic mass is 10.1. The minimum absolute atomic E-state index is 0.0268. The van der Waals surface area contributed by atoms with Crippen LogP contribution in [0.2, 0.25) is 0 Å². The van der Waals surface area contributed by atoms with Crippen molar-refractivity contribution in [3.05, 3.63) is 21.9 Å². The van der Waals surface area contributed by atoms with E-state index in [-0.39, 0.29) is 18.4 Å². The third-order valence-corrected chi connectivity index (χ3v) is 5.12. The molecule has 24 heavy (non-hydrogen) atoms. The van der Waals surface area contributed by atoms with Crippen LogP contribution in [-0.2, 0) is 27.3 Å². The number of rotatable bonds is 9. The quantitative estimate of drug-likeness (QED) is 0.654. The summed E-state index contributed by atoms with van der Waals surface area (Å²) < 4.78 is 4.93. The van der Waals surface area contributed by atoms with Gasteiger partial charge in [0, 0.05) is 31.6 Å². The molecule has 0 aromatic carbocycles. The van der Waals surface area contributed by atoms with E-state index >= 15 is 0 Å². The number of nitrogens with one attached hydrogen (secondary N) is 2. The van der Waals surface area contributed by atoms with Crippen LogP contribution in [0.1, 0.15) is 30.2 Å². The fourth-order valence-electron chi connectivity index (χ4n) is 2.82. The first kappa shape index (κ1) is 18.9. The Kier molecular flexibility index (Phi) is 7.68. The van der Waals surface area contributed by atoms with E-state index in [9.17, 15) is 9.59 Å². The normalized spacial score (nSPS) is 15.0. The zero-order valence-electron chi connectivity index (χ0n) is 14.5. The van der Waals surface area contributed by atoms with Crippen LogP contribution >= 0.6 is 11.3 Å². The first-order valence-electron chi connectivity index (χ1n) is 8.48. The number of carbonyl (C=O) groups is 2. The molecule has 0 radical (unpaired) electrons. The molecule has 7 heteroatoms. The molecular weight excluding hydrogens is 326 g/mol. The summed E-state index contributed by atoms with van der Waals surface area (Å²) in [5.74, 6) is -0.120. The summed E-state index contributed by atoms with van der Waals surface area (Å²) in [6.45, 7) is 4.78. The Morgan fingerprint density at radius 1 is 1.46 bits per heavy atom. The van der Waals surface area contributed by atoms with E-state index in [1.807, 2.05) is 11.8 Å². The molecule has 0 spiro atoms. The minimum Gasteiger partial charge on any atom is -0.383 e. The number of ether oxygens (including phenoxy) is 1. The third-order valence-electron chi connectivity index (χ3n) is 4.10.